The minimum Gasteiger partial charge on any atom is -0.493 e. The molecule has 0 amide bonds. The number of H-pyrrole nitrogens is 1. The van der Waals surface area contributed by atoms with Crippen LogP contribution in [0.4, 0.5) is 8.78 Å². The molecule has 0 bridgehead atoms. The van der Waals surface area contributed by atoms with Crippen LogP contribution in [0, 0.1) is 11.6 Å². The molecule has 0 fully saturated rings. The van der Waals surface area contributed by atoms with Crippen LogP contribution in [0.5, 0.6) is 5.75 Å². The summed E-state index contributed by atoms with van der Waals surface area (Å²) in [7, 11) is 0. The smallest absolute Gasteiger partial charge is 0.200 e. The van der Waals surface area contributed by atoms with E-state index in [1.54, 1.807) is 18.2 Å². The van der Waals surface area contributed by atoms with Crippen LogP contribution in [0.15, 0.2) is 35.1 Å². The standard InChI is InChI=1S/C22H26F2N2O2/c1-3-8-26(9-4-2)10-5-11-28-16-6-7-17-19(14-16)25-20-13-15(23)12-18(24)21(20)22(17)27/h6-7,12-14H,3-5,8-11H2,1-2H3,(H,25,27). The number of nitrogens with zero attached hydrogens (tertiary/aromatic N) is 1. The summed E-state index contributed by atoms with van der Waals surface area (Å²) in [5.41, 5.74) is 0.183. The SMILES string of the molecule is CCCN(CCC)CCCOc1ccc2c(=O)c3c(F)cc(F)cc3[nH]c2c1. The van der Waals surface area contributed by atoms with Gasteiger partial charge in [0.25, 0.3) is 0 Å². The molecule has 0 radical (unpaired) electrons. The number of pyridine rings is 1. The van der Waals surface area contributed by atoms with E-state index in [2.05, 4.69) is 23.7 Å². The predicted octanol–water partition coefficient (Wildman–Crippen LogP) is 4.85. The molecule has 4 nitrogen and oxygen atoms in total. The normalized spacial score (nSPS) is 11.6. The summed E-state index contributed by atoms with van der Waals surface area (Å²) >= 11 is 0. The third kappa shape index (κ3) is 4.50. The van der Waals surface area contributed by atoms with Crippen molar-refractivity contribution >= 4 is 21.8 Å². The van der Waals surface area contributed by atoms with Crippen LogP contribution in [0.1, 0.15) is 33.1 Å². The predicted molar refractivity (Wildman–Crippen MR) is 109 cm³/mol. The molecule has 0 aliphatic carbocycles. The molecule has 1 heterocycles. The third-order valence-electron chi connectivity index (χ3n) is 4.75. The van der Waals surface area contributed by atoms with Gasteiger partial charge in [0.1, 0.15) is 17.4 Å². The van der Waals surface area contributed by atoms with Crippen molar-refractivity contribution in [2.45, 2.75) is 33.1 Å². The Kier molecular flexibility index (Phi) is 6.62. The quantitative estimate of drug-likeness (QED) is 0.421. The fraction of sp³-hybridized carbons (Fsp3) is 0.409. The Morgan fingerprint density at radius 2 is 1.75 bits per heavy atom. The van der Waals surface area contributed by atoms with Gasteiger partial charge in [-0.05, 0) is 50.6 Å². The second-order valence-corrected chi connectivity index (χ2v) is 7.02. The molecule has 1 N–H and O–H groups in total. The van der Waals surface area contributed by atoms with Gasteiger partial charge in [-0.25, -0.2) is 8.78 Å². The molecule has 0 aliphatic rings. The Bertz CT molecular complexity index is 1010. The van der Waals surface area contributed by atoms with Crippen LogP contribution >= 0.6 is 0 Å². The van der Waals surface area contributed by atoms with Crippen molar-refractivity contribution in [3.63, 3.8) is 0 Å². The van der Waals surface area contributed by atoms with Crippen molar-refractivity contribution in [1.29, 1.82) is 0 Å². The average molecular weight is 388 g/mol. The van der Waals surface area contributed by atoms with Crippen molar-refractivity contribution in [2.75, 3.05) is 26.2 Å². The first kappa shape index (κ1) is 20.3. The molecule has 6 heteroatoms. The fourth-order valence-corrected chi connectivity index (χ4v) is 3.54. The number of benzene rings is 2. The lowest BCUT2D eigenvalue weighted by atomic mass is 10.1. The molecular formula is C22H26F2N2O2. The van der Waals surface area contributed by atoms with E-state index in [4.69, 9.17) is 4.74 Å². The maximum absolute atomic E-state index is 14.0. The Hall–Kier alpha value is -2.47. The number of nitrogens with one attached hydrogen (secondary N) is 1. The topological polar surface area (TPSA) is 45.3 Å². The minimum atomic E-state index is -0.859. The summed E-state index contributed by atoms with van der Waals surface area (Å²) < 4.78 is 33.3. The van der Waals surface area contributed by atoms with E-state index in [9.17, 15) is 13.6 Å². The molecule has 1 aromatic heterocycles. The van der Waals surface area contributed by atoms with Crippen molar-refractivity contribution in [3.8, 4) is 5.75 Å². The second kappa shape index (κ2) is 9.15. The van der Waals surface area contributed by atoms with Gasteiger partial charge in [-0.15, -0.1) is 0 Å². The summed E-state index contributed by atoms with van der Waals surface area (Å²) in [6, 6.07) is 6.88. The first-order valence-electron chi connectivity index (χ1n) is 9.83. The van der Waals surface area contributed by atoms with E-state index in [-0.39, 0.29) is 10.9 Å². The van der Waals surface area contributed by atoms with Gasteiger partial charge in [0.05, 0.1) is 23.0 Å². The lowest BCUT2D eigenvalue weighted by molar-refractivity contribution is 0.234. The summed E-state index contributed by atoms with van der Waals surface area (Å²) in [6.45, 7) is 8.08. The summed E-state index contributed by atoms with van der Waals surface area (Å²) in [5, 5.41) is 0.219. The maximum Gasteiger partial charge on any atom is 0.200 e. The van der Waals surface area contributed by atoms with E-state index in [1.807, 2.05) is 0 Å². The lowest BCUT2D eigenvalue weighted by Crippen LogP contribution is -2.27. The van der Waals surface area contributed by atoms with Gasteiger partial charge in [0.15, 0.2) is 5.43 Å². The molecule has 150 valence electrons. The molecule has 0 saturated heterocycles. The number of aromatic amines is 1. The number of halogens is 2. The zero-order valence-corrected chi connectivity index (χ0v) is 16.4. The molecule has 0 saturated carbocycles. The van der Waals surface area contributed by atoms with E-state index < -0.39 is 17.1 Å². The van der Waals surface area contributed by atoms with Crippen LogP contribution in [0.25, 0.3) is 21.8 Å². The van der Waals surface area contributed by atoms with Gasteiger partial charge in [0.2, 0.25) is 0 Å². The first-order valence-corrected chi connectivity index (χ1v) is 9.83. The summed E-state index contributed by atoms with van der Waals surface area (Å²) in [6.07, 6.45) is 3.17. The Morgan fingerprint density at radius 1 is 1.00 bits per heavy atom. The average Bonchev–Trinajstić information content (AvgIpc) is 2.64. The Morgan fingerprint density at radius 3 is 2.46 bits per heavy atom. The molecule has 28 heavy (non-hydrogen) atoms. The first-order chi connectivity index (χ1) is 13.5. The summed E-state index contributed by atoms with van der Waals surface area (Å²) in [4.78, 5) is 17.9. The van der Waals surface area contributed by atoms with E-state index >= 15 is 0 Å². The monoisotopic (exact) mass is 388 g/mol. The fourth-order valence-electron chi connectivity index (χ4n) is 3.54. The molecular weight excluding hydrogens is 362 g/mol. The number of hydrogen-bond donors (Lipinski definition) is 1. The van der Waals surface area contributed by atoms with Gasteiger partial charge in [-0.1, -0.05) is 13.8 Å². The van der Waals surface area contributed by atoms with Crippen molar-refractivity contribution in [2.24, 2.45) is 0 Å². The minimum absolute atomic E-state index is 0.130. The molecule has 2 aromatic carbocycles. The number of rotatable bonds is 9. The molecule has 3 rings (SSSR count). The maximum atomic E-state index is 14.0. The van der Waals surface area contributed by atoms with E-state index in [0.29, 0.717) is 23.3 Å². The van der Waals surface area contributed by atoms with Gasteiger partial charge < -0.3 is 14.6 Å². The number of fused-ring (bicyclic) bond motifs is 2. The lowest BCUT2D eigenvalue weighted by Gasteiger charge is -2.20. The zero-order chi connectivity index (χ0) is 20.1. The van der Waals surface area contributed by atoms with Crippen LogP contribution < -0.4 is 10.2 Å². The van der Waals surface area contributed by atoms with Crippen LogP contribution in [0.2, 0.25) is 0 Å². The van der Waals surface area contributed by atoms with Gasteiger partial charge in [0, 0.05) is 24.1 Å². The molecule has 0 aliphatic heterocycles. The Labute approximate surface area is 163 Å². The van der Waals surface area contributed by atoms with Gasteiger partial charge in [-0.2, -0.15) is 0 Å². The van der Waals surface area contributed by atoms with Crippen LogP contribution in [-0.2, 0) is 0 Å². The third-order valence-corrected chi connectivity index (χ3v) is 4.75. The number of ether oxygens (including phenoxy) is 1. The van der Waals surface area contributed by atoms with E-state index in [1.165, 1.54) is 0 Å². The van der Waals surface area contributed by atoms with Crippen LogP contribution in [0.3, 0.4) is 0 Å². The molecule has 0 atom stereocenters. The number of aromatic nitrogens is 1. The van der Waals surface area contributed by atoms with E-state index in [0.717, 1.165) is 51.0 Å². The van der Waals surface area contributed by atoms with Gasteiger partial charge >= 0.3 is 0 Å². The van der Waals surface area contributed by atoms with Crippen molar-refractivity contribution < 1.29 is 13.5 Å². The highest BCUT2D eigenvalue weighted by Crippen LogP contribution is 2.22. The van der Waals surface area contributed by atoms with Crippen LogP contribution in [-0.4, -0.2) is 36.1 Å². The molecule has 0 spiro atoms. The van der Waals surface area contributed by atoms with Crippen molar-refractivity contribution in [1.82, 2.24) is 9.88 Å². The molecule has 3 aromatic rings. The Balaban J connectivity index is 1.75. The van der Waals surface area contributed by atoms with Crippen molar-refractivity contribution in [3.05, 3.63) is 52.2 Å². The highest BCUT2D eigenvalue weighted by Gasteiger charge is 2.12. The summed E-state index contributed by atoms with van der Waals surface area (Å²) in [5.74, 6) is -0.963. The number of hydrogen-bond acceptors (Lipinski definition) is 3. The highest BCUT2D eigenvalue weighted by molar-refractivity contribution is 5.93. The molecule has 0 unspecified atom stereocenters. The zero-order valence-electron chi connectivity index (χ0n) is 16.4. The highest BCUT2D eigenvalue weighted by atomic mass is 19.1. The largest absolute Gasteiger partial charge is 0.493 e. The van der Waals surface area contributed by atoms with Gasteiger partial charge in [-0.3, -0.25) is 4.79 Å². The second-order valence-electron chi connectivity index (χ2n) is 7.02.